The first-order valence-corrected chi connectivity index (χ1v) is 10.7. The minimum absolute atomic E-state index is 0. The summed E-state index contributed by atoms with van der Waals surface area (Å²) in [6, 6.07) is 14.9. The fourth-order valence-corrected chi connectivity index (χ4v) is 4.15. The number of anilines is 2. The van der Waals surface area contributed by atoms with E-state index in [0.717, 1.165) is 43.2 Å². The van der Waals surface area contributed by atoms with E-state index in [-0.39, 0.29) is 29.9 Å². The molecule has 8 nitrogen and oxygen atoms in total. The van der Waals surface area contributed by atoms with Gasteiger partial charge in [0.15, 0.2) is 0 Å². The number of hydrogen-bond donors (Lipinski definition) is 2. The highest BCUT2D eigenvalue weighted by Crippen LogP contribution is 2.23. The summed E-state index contributed by atoms with van der Waals surface area (Å²) in [5, 5.41) is 23.6. The molecule has 2 heterocycles. The molecule has 2 N–H and O–H groups in total. The Kier molecular flexibility index (Phi) is 7.48. The maximum Gasteiger partial charge on any atom is 0.350 e. The molecule has 1 aliphatic rings. The maximum atomic E-state index is 12.8. The monoisotopic (exact) mass is 459 g/mol. The average Bonchev–Trinajstić information content (AvgIpc) is 3.16. The molecule has 1 saturated heterocycles. The molecule has 0 amide bonds. The number of phenols is 1. The first-order valence-electron chi connectivity index (χ1n) is 10.7. The van der Waals surface area contributed by atoms with Gasteiger partial charge in [0.25, 0.3) is 0 Å². The molecule has 2 atom stereocenters. The molecule has 9 heteroatoms. The van der Waals surface area contributed by atoms with Crippen molar-refractivity contribution in [2.24, 2.45) is 0 Å². The molecular formula is C23H30ClN5O3. The molecule has 0 spiro atoms. The summed E-state index contributed by atoms with van der Waals surface area (Å²) >= 11 is 0. The highest BCUT2D eigenvalue weighted by molar-refractivity contribution is 5.85. The van der Waals surface area contributed by atoms with E-state index in [4.69, 9.17) is 0 Å². The van der Waals surface area contributed by atoms with Gasteiger partial charge in [-0.25, -0.2) is 14.0 Å². The van der Waals surface area contributed by atoms with Gasteiger partial charge in [-0.1, -0.05) is 6.92 Å². The molecule has 0 saturated carbocycles. The van der Waals surface area contributed by atoms with E-state index in [9.17, 15) is 15.0 Å². The standard InChI is InChI=1S/C23H29N5O3.ClH/c1-3-22(17(2)29)28-23(31)27(16-24-28)20-6-4-18(5-7-20)25-12-14-26(15-13-25)19-8-10-21(30)11-9-19;/h4-11,16-17,22,29-30H,3,12-15H2,1-2H3;1H/t17-,22+;/m0./s1. The summed E-state index contributed by atoms with van der Waals surface area (Å²) in [5.41, 5.74) is 2.74. The fourth-order valence-electron chi connectivity index (χ4n) is 4.15. The van der Waals surface area contributed by atoms with E-state index in [1.807, 2.05) is 43.3 Å². The molecule has 2 aromatic carbocycles. The van der Waals surface area contributed by atoms with Crippen molar-refractivity contribution in [1.29, 1.82) is 0 Å². The molecule has 0 unspecified atom stereocenters. The summed E-state index contributed by atoms with van der Waals surface area (Å²) < 4.78 is 2.87. The zero-order chi connectivity index (χ0) is 22.0. The molecule has 0 bridgehead atoms. The molecule has 0 aliphatic carbocycles. The van der Waals surface area contributed by atoms with Gasteiger partial charge in [0.1, 0.15) is 12.1 Å². The Morgan fingerprint density at radius 1 is 0.906 bits per heavy atom. The van der Waals surface area contributed by atoms with Gasteiger partial charge in [-0.15, -0.1) is 12.4 Å². The number of aromatic nitrogens is 3. The second kappa shape index (κ2) is 10.1. The molecule has 4 rings (SSSR count). The van der Waals surface area contributed by atoms with Gasteiger partial charge in [-0.05, 0) is 61.9 Å². The number of nitrogens with zero attached hydrogens (tertiary/aromatic N) is 5. The number of hydrogen-bond acceptors (Lipinski definition) is 6. The Hall–Kier alpha value is -2.97. The SMILES string of the molecule is CC[C@H]([C@H](C)O)n1ncn(-c2ccc(N3CCN(c4ccc(O)cc4)CC3)cc2)c1=O.Cl. The molecule has 1 aromatic heterocycles. The van der Waals surface area contributed by atoms with Crippen LogP contribution in [0.15, 0.2) is 59.7 Å². The first-order chi connectivity index (χ1) is 15.0. The topological polar surface area (TPSA) is 86.8 Å². The van der Waals surface area contributed by atoms with Crippen molar-refractivity contribution < 1.29 is 10.2 Å². The lowest BCUT2D eigenvalue weighted by atomic mass is 10.1. The van der Waals surface area contributed by atoms with Crippen LogP contribution in [-0.4, -0.2) is 56.8 Å². The fraction of sp³-hybridized carbons (Fsp3) is 0.391. The summed E-state index contributed by atoms with van der Waals surface area (Å²) in [5.74, 6) is 0.281. The summed E-state index contributed by atoms with van der Waals surface area (Å²) in [7, 11) is 0. The minimum atomic E-state index is -0.645. The lowest BCUT2D eigenvalue weighted by molar-refractivity contribution is 0.118. The molecule has 1 aliphatic heterocycles. The van der Waals surface area contributed by atoms with Crippen LogP contribution in [0.1, 0.15) is 26.3 Å². The van der Waals surface area contributed by atoms with E-state index in [2.05, 4.69) is 14.9 Å². The smallest absolute Gasteiger partial charge is 0.350 e. The quantitative estimate of drug-likeness (QED) is 0.589. The number of piperazine rings is 1. The molecule has 3 aromatic rings. The van der Waals surface area contributed by atoms with Gasteiger partial charge in [0, 0.05) is 37.6 Å². The molecular weight excluding hydrogens is 430 g/mol. The molecule has 1 fully saturated rings. The number of phenolic OH excluding ortho intramolecular Hbond substituents is 1. The van der Waals surface area contributed by atoms with E-state index in [0.29, 0.717) is 6.42 Å². The van der Waals surface area contributed by atoms with Crippen molar-refractivity contribution in [3.05, 3.63) is 65.3 Å². The van der Waals surface area contributed by atoms with E-state index in [1.54, 1.807) is 19.1 Å². The van der Waals surface area contributed by atoms with Crippen molar-refractivity contribution >= 4 is 23.8 Å². The predicted octanol–water partition coefficient (Wildman–Crippen LogP) is 2.82. The Morgan fingerprint density at radius 3 is 1.84 bits per heavy atom. The van der Waals surface area contributed by atoms with Crippen molar-refractivity contribution in [3.63, 3.8) is 0 Å². The van der Waals surface area contributed by atoms with Crippen LogP contribution in [0.25, 0.3) is 5.69 Å². The second-order valence-electron chi connectivity index (χ2n) is 7.95. The first kappa shape index (κ1) is 23.7. The zero-order valence-electron chi connectivity index (χ0n) is 18.3. The molecule has 32 heavy (non-hydrogen) atoms. The number of benzene rings is 2. The second-order valence-corrected chi connectivity index (χ2v) is 7.95. The summed E-state index contributed by atoms with van der Waals surface area (Å²) in [6.07, 6.45) is 1.50. The van der Waals surface area contributed by atoms with Crippen LogP contribution in [0.4, 0.5) is 11.4 Å². The van der Waals surface area contributed by atoms with Crippen LogP contribution in [0.3, 0.4) is 0 Å². The van der Waals surface area contributed by atoms with Crippen molar-refractivity contribution in [2.75, 3.05) is 36.0 Å². The van der Waals surface area contributed by atoms with Gasteiger partial charge in [0.05, 0.1) is 17.8 Å². The number of halogens is 1. The minimum Gasteiger partial charge on any atom is -0.508 e. The maximum absolute atomic E-state index is 12.8. The highest BCUT2D eigenvalue weighted by atomic mass is 35.5. The lowest BCUT2D eigenvalue weighted by Gasteiger charge is -2.37. The predicted molar refractivity (Wildman–Crippen MR) is 129 cm³/mol. The third-order valence-corrected chi connectivity index (χ3v) is 5.97. The average molecular weight is 460 g/mol. The largest absolute Gasteiger partial charge is 0.508 e. The van der Waals surface area contributed by atoms with Gasteiger partial charge < -0.3 is 20.0 Å². The lowest BCUT2D eigenvalue weighted by Crippen LogP contribution is -2.46. The molecule has 172 valence electrons. The highest BCUT2D eigenvalue weighted by Gasteiger charge is 2.21. The van der Waals surface area contributed by atoms with Crippen molar-refractivity contribution in [1.82, 2.24) is 14.3 Å². The number of aliphatic hydroxyl groups is 1. The van der Waals surface area contributed by atoms with Crippen LogP contribution < -0.4 is 15.5 Å². The van der Waals surface area contributed by atoms with Crippen molar-refractivity contribution in [2.45, 2.75) is 32.4 Å². The number of aromatic hydroxyl groups is 1. The Labute approximate surface area is 193 Å². The Morgan fingerprint density at radius 2 is 1.38 bits per heavy atom. The van der Waals surface area contributed by atoms with Crippen LogP contribution in [-0.2, 0) is 0 Å². The third kappa shape index (κ3) is 4.76. The van der Waals surface area contributed by atoms with Crippen LogP contribution in [0.2, 0.25) is 0 Å². The van der Waals surface area contributed by atoms with Gasteiger partial charge in [0.2, 0.25) is 0 Å². The van der Waals surface area contributed by atoms with E-state index < -0.39 is 6.10 Å². The van der Waals surface area contributed by atoms with Crippen molar-refractivity contribution in [3.8, 4) is 11.4 Å². The van der Waals surface area contributed by atoms with E-state index >= 15 is 0 Å². The Balaban J connectivity index is 0.00000289. The number of aliphatic hydroxyl groups excluding tert-OH is 1. The van der Waals surface area contributed by atoms with Gasteiger partial charge >= 0.3 is 5.69 Å². The van der Waals surface area contributed by atoms with Gasteiger partial charge in [-0.2, -0.15) is 5.10 Å². The molecule has 0 radical (unpaired) electrons. The summed E-state index contributed by atoms with van der Waals surface area (Å²) in [4.78, 5) is 17.4. The third-order valence-electron chi connectivity index (χ3n) is 5.97. The van der Waals surface area contributed by atoms with Crippen LogP contribution in [0, 0.1) is 0 Å². The van der Waals surface area contributed by atoms with Crippen LogP contribution in [0.5, 0.6) is 5.75 Å². The van der Waals surface area contributed by atoms with E-state index in [1.165, 1.54) is 15.6 Å². The number of rotatable bonds is 6. The van der Waals surface area contributed by atoms with Gasteiger partial charge in [-0.3, -0.25) is 0 Å². The normalized spacial score (nSPS) is 15.8. The summed E-state index contributed by atoms with van der Waals surface area (Å²) in [6.45, 7) is 7.19. The Bertz CT molecular complexity index is 1050. The zero-order valence-corrected chi connectivity index (χ0v) is 19.1. The van der Waals surface area contributed by atoms with Crippen LogP contribution >= 0.6 is 12.4 Å².